The number of anilines is 1. The van der Waals surface area contributed by atoms with Crippen molar-refractivity contribution >= 4 is 33.3 Å². The molecule has 7 heteroatoms. The highest BCUT2D eigenvalue weighted by Gasteiger charge is 2.27. The third kappa shape index (κ3) is 5.68. The molecule has 0 bridgehead atoms. The lowest BCUT2D eigenvalue weighted by atomic mass is 9.84. The number of carbonyl (C=O) groups is 1. The van der Waals surface area contributed by atoms with E-state index in [1.165, 1.54) is 60.9 Å². The number of nitrogens with zero attached hydrogens (tertiary/aromatic N) is 4. The first-order valence-corrected chi connectivity index (χ1v) is 15.0. The number of hydrogen-bond donors (Lipinski definition) is 1. The fourth-order valence-corrected chi connectivity index (χ4v) is 7.55. The summed E-state index contributed by atoms with van der Waals surface area (Å²) < 4.78 is 0. The lowest BCUT2D eigenvalue weighted by Crippen LogP contribution is -2.38. The molecule has 1 aromatic carbocycles. The van der Waals surface area contributed by atoms with Gasteiger partial charge in [-0.15, -0.1) is 11.3 Å². The van der Waals surface area contributed by atoms with Gasteiger partial charge in [-0.2, -0.15) is 0 Å². The van der Waals surface area contributed by atoms with E-state index < -0.39 is 0 Å². The molecule has 0 spiro atoms. The molecule has 1 saturated carbocycles. The fraction of sp³-hybridized carbons (Fsp3) is 0.567. The second-order valence-electron chi connectivity index (χ2n) is 11.4. The molecule has 0 radical (unpaired) electrons. The number of hydrogen-bond acceptors (Lipinski definition) is 6. The Balaban J connectivity index is 0.963. The molecule has 1 saturated heterocycles. The van der Waals surface area contributed by atoms with Crippen LogP contribution in [0.25, 0.3) is 10.9 Å². The zero-order valence-corrected chi connectivity index (χ0v) is 22.8. The van der Waals surface area contributed by atoms with Crippen LogP contribution in [0.2, 0.25) is 0 Å². The second kappa shape index (κ2) is 11.1. The molecule has 1 N–H and O–H groups in total. The van der Waals surface area contributed by atoms with Gasteiger partial charge in [-0.25, -0.2) is 4.98 Å². The summed E-state index contributed by atoms with van der Waals surface area (Å²) in [5, 5.41) is 5.50. The number of fused-ring (bicyclic) bond motifs is 2. The van der Waals surface area contributed by atoms with E-state index in [1.807, 2.05) is 41.7 Å². The molecule has 37 heavy (non-hydrogen) atoms. The first-order chi connectivity index (χ1) is 18.1. The van der Waals surface area contributed by atoms with Crippen LogP contribution in [0.5, 0.6) is 0 Å². The van der Waals surface area contributed by atoms with E-state index in [2.05, 4.69) is 27.0 Å². The number of piperidine rings is 1. The Bertz CT molecular complexity index is 1230. The monoisotopic (exact) mass is 517 g/mol. The number of pyridine rings is 1. The molecular weight excluding hydrogens is 478 g/mol. The standard InChI is InChI=1S/C30H39N5OS/c1-21-5-4-16-35(19-21)30-33-27-20-34(18-14-28(27)37-30)17-13-22-9-11-23(12-10-22)32-29(36)25-6-2-8-26-24(25)7-3-15-31-26/h2-3,6-8,15,21-23H,4-5,9-14,16-20H2,1H3,(H,32,36). The molecule has 4 heterocycles. The minimum Gasteiger partial charge on any atom is -0.349 e. The predicted octanol–water partition coefficient (Wildman–Crippen LogP) is 5.66. The zero-order valence-electron chi connectivity index (χ0n) is 22.0. The van der Waals surface area contributed by atoms with E-state index in [0.29, 0.717) is 0 Å². The van der Waals surface area contributed by atoms with Crippen LogP contribution in [0.3, 0.4) is 0 Å². The van der Waals surface area contributed by atoms with Crippen LogP contribution in [0, 0.1) is 11.8 Å². The first kappa shape index (κ1) is 24.8. The molecular formula is C30H39N5OS. The van der Waals surface area contributed by atoms with Gasteiger partial charge in [0, 0.05) is 54.2 Å². The highest BCUT2D eigenvalue weighted by atomic mass is 32.1. The summed E-state index contributed by atoms with van der Waals surface area (Å²) in [5.74, 6) is 1.58. The van der Waals surface area contributed by atoms with Crippen LogP contribution in [-0.2, 0) is 13.0 Å². The van der Waals surface area contributed by atoms with E-state index in [-0.39, 0.29) is 11.9 Å². The average molecular weight is 518 g/mol. The topological polar surface area (TPSA) is 61.4 Å². The molecule has 6 nitrogen and oxygen atoms in total. The quantitative estimate of drug-likeness (QED) is 0.457. The van der Waals surface area contributed by atoms with Crippen molar-refractivity contribution in [3.05, 3.63) is 52.7 Å². The Morgan fingerprint density at radius 2 is 2.00 bits per heavy atom. The molecule has 1 atom stereocenters. The molecule has 196 valence electrons. The largest absolute Gasteiger partial charge is 0.349 e. The third-order valence-electron chi connectivity index (χ3n) is 8.65. The summed E-state index contributed by atoms with van der Waals surface area (Å²) in [6.45, 7) is 8.04. The molecule has 2 aliphatic heterocycles. The maximum absolute atomic E-state index is 13.0. The van der Waals surface area contributed by atoms with Gasteiger partial charge in [-0.3, -0.25) is 14.7 Å². The average Bonchev–Trinajstić information content (AvgIpc) is 3.36. The molecule has 3 aliphatic rings. The van der Waals surface area contributed by atoms with Gasteiger partial charge in [0.1, 0.15) is 0 Å². The smallest absolute Gasteiger partial charge is 0.252 e. The predicted molar refractivity (Wildman–Crippen MR) is 151 cm³/mol. The minimum absolute atomic E-state index is 0.0350. The van der Waals surface area contributed by atoms with Crippen LogP contribution in [0.4, 0.5) is 5.13 Å². The summed E-state index contributed by atoms with van der Waals surface area (Å²) in [4.78, 5) is 29.1. The maximum atomic E-state index is 13.0. The van der Waals surface area contributed by atoms with Gasteiger partial charge in [-0.1, -0.05) is 19.1 Å². The van der Waals surface area contributed by atoms with Crippen LogP contribution >= 0.6 is 11.3 Å². The van der Waals surface area contributed by atoms with Crippen molar-refractivity contribution in [1.82, 2.24) is 20.2 Å². The first-order valence-electron chi connectivity index (χ1n) is 14.2. The Morgan fingerprint density at radius 1 is 1.11 bits per heavy atom. The van der Waals surface area contributed by atoms with Gasteiger partial charge in [0.25, 0.3) is 5.91 Å². The Hall–Kier alpha value is -2.51. The highest BCUT2D eigenvalue weighted by molar-refractivity contribution is 7.15. The van der Waals surface area contributed by atoms with Crippen molar-refractivity contribution in [2.75, 3.05) is 31.1 Å². The van der Waals surface area contributed by atoms with Gasteiger partial charge < -0.3 is 10.2 Å². The summed E-state index contributed by atoms with van der Waals surface area (Å²) in [5.41, 5.74) is 2.94. The Kier molecular flexibility index (Phi) is 7.43. The second-order valence-corrected chi connectivity index (χ2v) is 12.5. The maximum Gasteiger partial charge on any atom is 0.252 e. The van der Waals surface area contributed by atoms with Crippen LogP contribution in [-0.4, -0.2) is 53.0 Å². The molecule has 2 fully saturated rings. The summed E-state index contributed by atoms with van der Waals surface area (Å²) in [6, 6.07) is 9.95. The number of rotatable bonds is 6. The molecule has 3 aromatic rings. The van der Waals surface area contributed by atoms with E-state index in [9.17, 15) is 4.79 Å². The van der Waals surface area contributed by atoms with E-state index in [0.717, 1.165) is 67.2 Å². The van der Waals surface area contributed by atoms with Crippen LogP contribution in [0.1, 0.15) is 72.8 Å². The summed E-state index contributed by atoms with van der Waals surface area (Å²) in [6.07, 6.45) is 11.4. The van der Waals surface area contributed by atoms with Crippen molar-refractivity contribution in [2.24, 2.45) is 11.8 Å². The van der Waals surface area contributed by atoms with Gasteiger partial charge in [0.2, 0.25) is 0 Å². The molecule has 6 rings (SSSR count). The number of nitrogens with one attached hydrogen (secondary N) is 1. The van der Waals surface area contributed by atoms with Gasteiger partial charge in [0.15, 0.2) is 5.13 Å². The molecule has 1 amide bonds. The van der Waals surface area contributed by atoms with Crippen molar-refractivity contribution in [3.63, 3.8) is 0 Å². The van der Waals surface area contributed by atoms with Gasteiger partial charge >= 0.3 is 0 Å². The number of carbonyl (C=O) groups excluding carboxylic acids is 1. The third-order valence-corrected chi connectivity index (χ3v) is 9.87. The highest BCUT2D eigenvalue weighted by Crippen LogP contribution is 2.34. The number of thiazole rings is 1. The normalized spacial score (nSPS) is 24.7. The van der Waals surface area contributed by atoms with Crippen LogP contribution in [0.15, 0.2) is 36.5 Å². The number of aromatic nitrogens is 2. The van der Waals surface area contributed by atoms with E-state index in [1.54, 1.807) is 6.20 Å². The molecule has 1 aliphatic carbocycles. The lowest BCUT2D eigenvalue weighted by molar-refractivity contribution is 0.0921. The lowest BCUT2D eigenvalue weighted by Gasteiger charge is -2.32. The van der Waals surface area contributed by atoms with Gasteiger partial charge in [-0.05, 0) is 87.9 Å². The summed E-state index contributed by atoms with van der Waals surface area (Å²) in [7, 11) is 0. The van der Waals surface area contributed by atoms with Crippen molar-refractivity contribution in [1.29, 1.82) is 0 Å². The van der Waals surface area contributed by atoms with Gasteiger partial charge in [0.05, 0.1) is 11.2 Å². The Labute approximate surface area is 224 Å². The number of benzene rings is 1. The molecule has 1 unspecified atom stereocenters. The zero-order chi connectivity index (χ0) is 25.2. The van der Waals surface area contributed by atoms with E-state index in [4.69, 9.17) is 4.98 Å². The van der Waals surface area contributed by atoms with Crippen LogP contribution < -0.4 is 10.2 Å². The summed E-state index contributed by atoms with van der Waals surface area (Å²) >= 11 is 1.95. The van der Waals surface area contributed by atoms with Crippen molar-refractivity contribution in [2.45, 2.75) is 70.9 Å². The fourth-order valence-electron chi connectivity index (χ4n) is 6.45. The van der Waals surface area contributed by atoms with Crippen molar-refractivity contribution < 1.29 is 4.79 Å². The SMILES string of the molecule is CC1CCCN(c2nc3c(s2)CCN(CCC2CCC(NC(=O)c4cccc5ncccc45)CC2)C3)C1. The minimum atomic E-state index is 0.0350. The molecule has 2 aromatic heterocycles. The number of amides is 1. The van der Waals surface area contributed by atoms with Crippen molar-refractivity contribution in [3.8, 4) is 0 Å². The Morgan fingerprint density at radius 3 is 2.86 bits per heavy atom. The van der Waals surface area contributed by atoms with E-state index >= 15 is 0 Å².